The zero-order chi connectivity index (χ0) is 20.5. The van der Waals surface area contributed by atoms with E-state index in [1.54, 1.807) is 31.2 Å². The summed E-state index contributed by atoms with van der Waals surface area (Å²) in [7, 11) is 0. The minimum absolute atomic E-state index is 0.0111. The minimum atomic E-state index is -0.931. The molecule has 0 bridgehead atoms. The van der Waals surface area contributed by atoms with E-state index in [0.29, 0.717) is 19.4 Å². The molecule has 1 aromatic rings. The number of amides is 1. The molecule has 0 unspecified atom stereocenters. The Balaban J connectivity index is 1.89. The van der Waals surface area contributed by atoms with E-state index in [-0.39, 0.29) is 23.4 Å². The van der Waals surface area contributed by atoms with Crippen LogP contribution in [0.2, 0.25) is 0 Å². The number of aryl methyl sites for hydroxylation is 1. The Labute approximate surface area is 167 Å². The van der Waals surface area contributed by atoms with Crippen LogP contribution in [0.1, 0.15) is 55.5 Å². The number of hydrogen-bond donors (Lipinski definition) is 2. The van der Waals surface area contributed by atoms with Crippen LogP contribution in [0.25, 0.3) is 0 Å². The lowest BCUT2D eigenvalue weighted by atomic mass is 10.00. The van der Waals surface area contributed by atoms with Crippen molar-refractivity contribution in [3.05, 3.63) is 47.5 Å². The second kappa shape index (κ2) is 10.7. The number of carboxylic acid groups (broad SMARTS) is 1. The van der Waals surface area contributed by atoms with Crippen molar-refractivity contribution in [3.63, 3.8) is 0 Å². The fourth-order valence-electron chi connectivity index (χ4n) is 3.38. The van der Waals surface area contributed by atoms with Crippen molar-refractivity contribution in [3.8, 4) is 11.8 Å². The van der Waals surface area contributed by atoms with Crippen molar-refractivity contribution in [2.24, 2.45) is 5.92 Å². The summed E-state index contributed by atoms with van der Waals surface area (Å²) in [5.74, 6) is 5.07. The van der Waals surface area contributed by atoms with Gasteiger partial charge in [-0.15, -0.1) is 11.8 Å². The molecule has 5 nitrogen and oxygen atoms in total. The average molecular weight is 383 g/mol. The SMILES string of the molecule is CC#CC[C@H](C)[C@@H](O)C=C[C@H]1CCC(=O)N1CCCc1cccc(C(=O)O)c1. The number of nitrogens with zero attached hydrogens (tertiary/aromatic N) is 1. The van der Waals surface area contributed by atoms with E-state index in [0.717, 1.165) is 24.8 Å². The Morgan fingerprint density at radius 2 is 2.21 bits per heavy atom. The zero-order valence-corrected chi connectivity index (χ0v) is 16.6. The van der Waals surface area contributed by atoms with Gasteiger partial charge in [0, 0.05) is 19.4 Å². The lowest BCUT2D eigenvalue weighted by Gasteiger charge is -2.23. The molecule has 3 atom stereocenters. The van der Waals surface area contributed by atoms with Gasteiger partial charge in [0.1, 0.15) is 0 Å². The molecule has 0 radical (unpaired) electrons. The topological polar surface area (TPSA) is 77.8 Å². The number of benzene rings is 1. The highest BCUT2D eigenvalue weighted by molar-refractivity contribution is 5.87. The highest BCUT2D eigenvalue weighted by atomic mass is 16.4. The molecule has 1 amide bonds. The lowest BCUT2D eigenvalue weighted by Crippen LogP contribution is -2.33. The van der Waals surface area contributed by atoms with Crippen LogP contribution in [0.4, 0.5) is 0 Å². The number of rotatable bonds is 9. The Kier molecular flexibility index (Phi) is 8.28. The molecule has 150 valence electrons. The first kappa shape index (κ1) is 21.7. The highest BCUT2D eigenvalue weighted by Crippen LogP contribution is 2.21. The fraction of sp³-hybridized carbons (Fsp3) is 0.478. The van der Waals surface area contributed by atoms with Crippen LogP contribution in [-0.4, -0.2) is 45.7 Å². The molecule has 0 saturated carbocycles. The van der Waals surface area contributed by atoms with Gasteiger partial charge >= 0.3 is 5.97 Å². The summed E-state index contributed by atoms with van der Waals surface area (Å²) in [6, 6.07) is 6.93. The number of carboxylic acids is 1. The second-order valence-electron chi connectivity index (χ2n) is 7.29. The number of aliphatic hydroxyl groups is 1. The lowest BCUT2D eigenvalue weighted by molar-refractivity contribution is -0.128. The van der Waals surface area contributed by atoms with E-state index < -0.39 is 12.1 Å². The Bertz CT molecular complexity index is 774. The molecule has 2 rings (SSSR count). The van der Waals surface area contributed by atoms with E-state index in [4.69, 9.17) is 5.11 Å². The third kappa shape index (κ3) is 6.24. The smallest absolute Gasteiger partial charge is 0.335 e. The van der Waals surface area contributed by atoms with Crippen LogP contribution in [0.3, 0.4) is 0 Å². The molecule has 0 aliphatic carbocycles. The summed E-state index contributed by atoms with van der Waals surface area (Å²) in [5.41, 5.74) is 1.24. The van der Waals surface area contributed by atoms with E-state index in [1.165, 1.54) is 0 Å². The molecule has 0 aromatic heterocycles. The van der Waals surface area contributed by atoms with Gasteiger partial charge in [-0.25, -0.2) is 4.79 Å². The van der Waals surface area contributed by atoms with Crippen LogP contribution in [-0.2, 0) is 11.2 Å². The normalized spacial score (nSPS) is 18.8. The summed E-state index contributed by atoms with van der Waals surface area (Å²) >= 11 is 0. The first-order chi connectivity index (χ1) is 13.4. The van der Waals surface area contributed by atoms with Crippen LogP contribution in [0, 0.1) is 17.8 Å². The number of aromatic carboxylic acids is 1. The third-order valence-electron chi connectivity index (χ3n) is 5.13. The predicted octanol–water partition coefficient (Wildman–Crippen LogP) is 3.28. The predicted molar refractivity (Wildman–Crippen MR) is 109 cm³/mol. The summed E-state index contributed by atoms with van der Waals surface area (Å²) in [6.45, 7) is 4.37. The molecule has 1 aliphatic heterocycles. The van der Waals surface area contributed by atoms with Gasteiger partial charge in [-0.05, 0) is 49.8 Å². The van der Waals surface area contributed by atoms with Crippen molar-refractivity contribution in [2.45, 2.75) is 58.1 Å². The maximum atomic E-state index is 12.2. The van der Waals surface area contributed by atoms with Gasteiger partial charge in [-0.3, -0.25) is 4.79 Å². The van der Waals surface area contributed by atoms with E-state index >= 15 is 0 Å². The Hall–Kier alpha value is -2.58. The second-order valence-corrected chi connectivity index (χ2v) is 7.29. The summed E-state index contributed by atoms with van der Waals surface area (Å²) in [6.07, 6.45) is 6.57. The van der Waals surface area contributed by atoms with Crippen LogP contribution < -0.4 is 0 Å². The van der Waals surface area contributed by atoms with Gasteiger partial charge in [0.15, 0.2) is 0 Å². The average Bonchev–Trinajstić information content (AvgIpc) is 3.04. The zero-order valence-electron chi connectivity index (χ0n) is 16.6. The molecular formula is C23H29NO4. The standard InChI is InChI=1S/C23H29NO4/c1-3-4-7-17(2)21(25)13-11-20-12-14-22(26)24(20)15-6-9-18-8-5-10-19(16-18)23(27)28/h5,8,10-11,13,16-17,20-21,25H,6-7,9,12,14-15H2,1-2H3,(H,27,28)/t17-,20-,21-/m0/s1. The largest absolute Gasteiger partial charge is 0.478 e. The molecule has 1 aromatic carbocycles. The fourth-order valence-corrected chi connectivity index (χ4v) is 3.38. The maximum absolute atomic E-state index is 12.2. The molecule has 5 heteroatoms. The van der Waals surface area contributed by atoms with E-state index in [1.807, 2.05) is 24.0 Å². The number of carbonyl (C=O) groups excluding carboxylic acids is 1. The first-order valence-electron chi connectivity index (χ1n) is 9.80. The highest BCUT2D eigenvalue weighted by Gasteiger charge is 2.28. The number of likely N-dealkylation sites (tertiary alicyclic amines) is 1. The van der Waals surface area contributed by atoms with Crippen LogP contribution in [0.5, 0.6) is 0 Å². The molecule has 1 aliphatic rings. The number of aliphatic hydroxyl groups excluding tert-OH is 1. The molecule has 0 spiro atoms. The molecular weight excluding hydrogens is 354 g/mol. The van der Waals surface area contributed by atoms with Crippen molar-refractivity contribution < 1.29 is 19.8 Å². The van der Waals surface area contributed by atoms with Crippen molar-refractivity contribution in [2.75, 3.05) is 6.54 Å². The van der Waals surface area contributed by atoms with Gasteiger partial charge in [0.05, 0.1) is 17.7 Å². The molecule has 28 heavy (non-hydrogen) atoms. The Morgan fingerprint density at radius 1 is 1.43 bits per heavy atom. The Morgan fingerprint density at radius 3 is 2.93 bits per heavy atom. The number of hydrogen-bond acceptors (Lipinski definition) is 3. The third-order valence-corrected chi connectivity index (χ3v) is 5.13. The molecule has 1 fully saturated rings. The van der Waals surface area contributed by atoms with E-state index in [2.05, 4.69) is 11.8 Å². The number of carbonyl (C=O) groups is 2. The van der Waals surface area contributed by atoms with Crippen LogP contribution in [0.15, 0.2) is 36.4 Å². The molecule has 2 N–H and O–H groups in total. The van der Waals surface area contributed by atoms with Crippen molar-refractivity contribution in [1.29, 1.82) is 0 Å². The summed E-state index contributed by atoms with van der Waals surface area (Å²) in [5, 5.41) is 19.3. The quantitative estimate of drug-likeness (QED) is 0.507. The van der Waals surface area contributed by atoms with Gasteiger partial charge in [0.25, 0.3) is 0 Å². The first-order valence-corrected chi connectivity index (χ1v) is 9.80. The van der Waals surface area contributed by atoms with Gasteiger partial charge < -0.3 is 15.1 Å². The summed E-state index contributed by atoms with van der Waals surface area (Å²) < 4.78 is 0. The molecule has 1 saturated heterocycles. The molecule has 1 heterocycles. The van der Waals surface area contributed by atoms with Crippen LogP contribution >= 0.6 is 0 Å². The summed E-state index contributed by atoms with van der Waals surface area (Å²) in [4.78, 5) is 25.2. The maximum Gasteiger partial charge on any atom is 0.335 e. The monoisotopic (exact) mass is 383 g/mol. The van der Waals surface area contributed by atoms with Gasteiger partial charge in [-0.1, -0.05) is 31.2 Å². The van der Waals surface area contributed by atoms with E-state index in [9.17, 15) is 14.7 Å². The van der Waals surface area contributed by atoms with Crippen molar-refractivity contribution in [1.82, 2.24) is 4.90 Å². The van der Waals surface area contributed by atoms with Gasteiger partial charge in [0.2, 0.25) is 5.91 Å². The minimum Gasteiger partial charge on any atom is -0.478 e. The van der Waals surface area contributed by atoms with Gasteiger partial charge in [-0.2, -0.15) is 0 Å². The van der Waals surface area contributed by atoms with Crippen molar-refractivity contribution >= 4 is 11.9 Å².